The fourth-order valence-electron chi connectivity index (χ4n) is 2.48. The van der Waals surface area contributed by atoms with E-state index in [0.717, 1.165) is 0 Å². The topological polar surface area (TPSA) is 66.8 Å². The van der Waals surface area contributed by atoms with Crippen LogP contribution in [0.5, 0.6) is 5.75 Å². The Labute approximate surface area is 128 Å². The van der Waals surface area contributed by atoms with Crippen LogP contribution in [0.3, 0.4) is 0 Å². The number of hydrogen-bond acceptors (Lipinski definition) is 3. The molecule has 2 rings (SSSR count). The minimum atomic E-state index is -0.778. The van der Waals surface area contributed by atoms with E-state index in [9.17, 15) is 14.0 Å². The maximum absolute atomic E-state index is 12.7. The quantitative estimate of drug-likeness (QED) is 0.819. The number of piperidine rings is 1. The molecule has 0 saturated carbocycles. The number of carboxylic acid groups (broad SMARTS) is 1. The molecule has 0 bridgehead atoms. The molecule has 1 fully saturated rings. The third kappa shape index (κ3) is 4.72. The molecule has 1 amide bonds. The monoisotopic (exact) mass is 309 g/mol. The molecule has 0 aromatic heterocycles. The summed E-state index contributed by atoms with van der Waals surface area (Å²) in [5, 5.41) is 8.92. The molecule has 1 aliphatic rings. The van der Waals surface area contributed by atoms with Gasteiger partial charge < -0.3 is 14.7 Å². The fourth-order valence-corrected chi connectivity index (χ4v) is 2.48. The van der Waals surface area contributed by atoms with E-state index in [-0.39, 0.29) is 17.6 Å². The van der Waals surface area contributed by atoms with Crippen LogP contribution in [0.15, 0.2) is 24.3 Å². The summed E-state index contributed by atoms with van der Waals surface area (Å²) in [6, 6.07) is 5.75. The zero-order valence-corrected chi connectivity index (χ0v) is 12.3. The summed E-state index contributed by atoms with van der Waals surface area (Å²) in [6.07, 6.45) is 1.99. The molecule has 1 saturated heterocycles. The van der Waals surface area contributed by atoms with Gasteiger partial charge in [0.05, 0.1) is 12.5 Å². The highest BCUT2D eigenvalue weighted by Crippen LogP contribution is 2.18. The fraction of sp³-hybridized carbons (Fsp3) is 0.500. The van der Waals surface area contributed by atoms with Crippen molar-refractivity contribution in [3.8, 4) is 5.75 Å². The predicted octanol–water partition coefficient (Wildman–Crippen LogP) is 2.31. The first-order valence-electron chi connectivity index (χ1n) is 7.45. The maximum Gasteiger partial charge on any atom is 0.306 e. The van der Waals surface area contributed by atoms with Crippen molar-refractivity contribution in [3.05, 3.63) is 30.1 Å². The zero-order valence-electron chi connectivity index (χ0n) is 12.3. The average molecular weight is 309 g/mol. The van der Waals surface area contributed by atoms with Gasteiger partial charge in [0.15, 0.2) is 0 Å². The number of benzene rings is 1. The molecule has 1 heterocycles. The van der Waals surface area contributed by atoms with Crippen LogP contribution < -0.4 is 4.74 Å². The van der Waals surface area contributed by atoms with Crippen LogP contribution in [0.25, 0.3) is 0 Å². The number of rotatable bonds is 6. The van der Waals surface area contributed by atoms with Crippen LogP contribution in [-0.2, 0) is 9.59 Å². The Kier molecular flexibility index (Phi) is 5.75. The third-order valence-corrected chi connectivity index (χ3v) is 3.81. The standard InChI is InChI=1S/C16H20FNO4/c17-13-3-5-14(6-4-13)22-11-1-2-15(19)18-9-7-12(8-10-18)16(20)21/h3-6,12H,1-2,7-11H2,(H,20,21). The molecule has 1 N–H and O–H groups in total. The third-order valence-electron chi connectivity index (χ3n) is 3.81. The molecule has 0 atom stereocenters. The normalized spacial score (nSPS) is 15.6. The van der Waals surface area contributed by atoms with Crippen molar-refractivity contribution in [1.82, 2.24) is 4.90 Å². The van der Waals surface area contributed by atoms with Gasteiger partial charge in [-0.15, -0.1) is 0 Å². The van der Waals surface area contributed by atoms with Gasteiger partial charge >= 0.3 is 5.97 Å². The predicted molar refractivity (Wildman–Crippen MR) is 78.1 cm³/mol. The zero-order chi connectivity index (χ0) is 15.9. The van der Waals surface area contributed by atoms with Gasteiger partial charge in [0, 0.05) is 19.5 Å². The van der Waals surface area contributed by atoms with E-state index < -0.39 is 5.97 Å². The van der Waals surface area contributed by atoms with E-state index >= 15 is 0 Å². The van der Waals surface area contributed by atoms with Crippen LogP contribution in [-0.4, -0.2) is 41.6 Å². The summed E-state index contributed by atoms with van der Waals surface area (Å²) < 4.78 is 18.2. The molecular formula is C16H20FNO4. The second kappa shape index (κ2) is 7.77. The number of amides is 1. The summed E-state index contributed by atoms with van der Waals surface area (Å²) in [4.78, 5) is 24.6. The van der Waals surface area contributed by atoms with Crippen molar-refractivity contribution in [2.24, 2.45) is 5.92 Å². The number of carboxylic acids is 1. The van der Waals surface area contributed by atoms with E-state index in [4.69, 9.17) is 9.84 Å². The Morgan fingerprint density at radius 1 is 1.23 bits per heavy atom. The number of ether oxygens (including phenoxy) is 1. The summed E-state index contributed by atoms with van der Waals surface area (Å²) in [5.41, 5.74) is 0. The smallest absolute Gasteiger partial charge is 0.306 e. The van der Waals surface area contributed by atoms with Crippen LogP contribution in [0.4, 0.5) is 4.39 Å². The lowest BCUT2D eigenvalue weighted by Gasteiger charge is -2.30. The van der Waals surface area contributed by atoms with Gasteiger partial charge in [-0.3, -0.25) is 9.59 Å². The minimum Gasteiger partial charge on any atom is -0.494 e. The Hall–Kier alpha value is -2.11. The number of nitrogens with zero attached hydrogens (tertiary/aromatic N) is 1. The van der Waals surface area contributed by atoms with Crippen molar-refractivity contribution in [3.63, 3.8) is 0 Å². The van der Waals surface area contributed by atoms with Gasteiger partial charge in [0.2, 0.25) is 5.91 Å². The molecule has 0 spiro atoms. The van der Waals surface area contributed by atoms with Crippen molar-refractivity contribution in [2.45, 2.75) is 25.7 Å². The van der Waals surface area contributed by atoms with Crippen LogP contribution in [0.2, 0.25) is 0 Å². The number of aliphatic carboxylic acids is 1. The Morgan fingerprint density at radius 3 is 2.45 bits per heavy atom. The van der Waals surface area contributed by atoms with Crippen LogP contribution in [0, 0.1) is 11.7 Å². The number of halogens is 1. The van der Waals surface area contributed by atoms with Gasteiger partial charge in [0.25, 0.3) is 0 Å². The minimum absolute atomic E-state index is 0.0338. The second-order valence-corrected chi connectivity index (χ2v) is 5.40. The van der Waals surface area contributed by atoms with Crippen molar-refractivity contribution in [2.75, 3.05) is 19.7 Å². The van der Waals surface area contributed by atoms with E-state index in [0.29, 0.717) is 51.1 Å². The van der Waals surface area contributed by atoms with Gasteiger partial charge in [-0.25, -0.2) is 4.39 Å². The Balaban J connectivity index is 1.64. The highest BCUT2D eigenvalue weighted by Gasteiger charge is 2.26. The van der Waals surface area contributed by atoms with E-state index in [1.54, 1.807) is 17.0 Å². The summed E-state index contributed by atoms with van der Waals surface area (Å²) in [5.74, 6) is -0.805. The van der Waals surface area contributed by atoms with Gasteiger partial charge in [0.1, 0.15) is 11.6 Å². The molecule has 0 radical (unpaired) electrons. The maximum atomic E-state index is 12.7. The summed E-state index contributed by atoms with van der Waals surface area (Å²) in [6.45, 7) is 1.41. The lowest BCUT2D eigenvalue weighted by molar-refractivity contribution is -0.145. The van der Waals surface area contributed by atoms with Gasteiger partial charge in [-0.05, 0) is 43.5 Å². The van der Waals surface area contributed by atoms with E-state index in [2.05, 4.69) is 0 Å². The van der Waals surface area contributed by atoms with Gasteiger partial charge in [-0.1, -0.05) is 0 Å². The highest BCUT2D eigenvalue weighted by atomic mass is 19.1. The first-order valence-corrected chi connectivity index (χ1v) is 7.45. The lowest BCUT2D eigenvalue weighted by Crippen LogP contribution is -2.40. The molecule has 1 aromatic rings. The van der Waals surface area contributed by atoms with Crippen molar-refractivity contribution >= 4 is 11.9 Å². The molecule has 5 nitrogen and oxygen atoms in total. The first kappa shape index (κ1) is 16.3. The molecule has 120 valence electrons. The number of likely N-dealkylation sites (tertiary alicyclic amines) is 1. The molecule has 0 aliphatic carbocycles. The lowest BCUT2D eigenvalue weighted by atomic mass is 9.97. The SMILES string of the molecule is O=C(O)C1CCN(C(=O)CCCOc2ccc(F)cc2)CC1. The number of carbonyl (C=O) groups excluding carboxylic acids is 1. The molecule has 1 aliphatic heterocycles. The molecule has 6 heteroatoms. The summed E-state index contributed by atoms with van der Waals surface area (Å²) in [7, 11) is 0. The second-order valence-electron chi connectivity index (χ2n) is 5.40. The van der Waals surface area contributed by atoms with Crippen LogP contribution in [0.1, 0.15) is 25.7 Å². The van der Waals surface area contributed by atoms with Crippen LogP contribution >= 0.6 is 0 Å². The molecule has 0 unspecified atom stereocenters. The largest absolute Gasteiger partial charge is 0.494 e. The van der Waals surface area contributed by atoms with Gasteiger partial charge in [-0.2, -0.15) is 0 Å². The average Bonchev–Trinajstić information content (AvgIpc) is 2.53. The van der Waals surface area contributed by atoms with Crippen molar-refractivity contribution in [1.29, 1.82) is 0 Å². The Morgan fingerprint density at radius 2 is 1.86 bits per heavy atom. The molecule has 22 heavy (non-hydrogen) atoms. The molecular weight excluding hydrogens is 289 g/mol. The van der Waals surface area contributed by atoms with E-state index in [1.807, 2.05) is 0 Å². The van der Waals surface area contributed by atoms with E-state index in [1.165, 1.54) is 12.1 Å². The Bertz CT molecular complexity index is 509. The summed E-state index contributed by atoms with van der Waals surface area (Å²) >= 11 is 0. The highest BCUT2D eigenvalue weighted by molar-refractivity contribution is 5.77. The number of hydrogen-bond donors (Lipinski definition) is 1. The molecule has 1 aromatic carbocycles. The number of carbonyl (C=O) groups is 2. The van der Waals surface area contributed by atoms with Crippen molar-refractivity contribution < 1.29 is 23.8 Å². The first-order chi connectivity index (χ1) is 10.6.